The molecule has 3 rings (SSSR count). The Hall–Kier alpha value is -2.81. The Balaban J connectivity index is 2.17. The summed E-state index contributed by atoms with van der Waals surface area (Å²) in [5.74, 6) is -0.181. The van der Waals surface area contributed by atoms with Crippen LogP contribution in [0.1, 0.15) is 30.0 Å². The summed E-state index contributed by atoms with van der Waals surface area (Å²) >= 11 is 0. The lowest BCUT2D eigenvalue weighted by Crippen LogP contribution is -2.10. The van der Waals surface area contributed by atoms with Crippen LogP contribution in [0.15, 0.2) is 54.1 Å². The van der Waals surface area contributed by atoms with Gasteiger partial charge in [-0.25, -0.2) is 0 Å². The Bertz CT molecular complexity index is 801. The lowest BCUT2D eigenvalue weighted by Gasteiger charge is -2.05. The number of phenols is 1. The van der Waals surface area contributed by atoms with E-state index in [4.69, 9.17) is 5.73 Å². The zero-order valence-electron chi connectivity index (χ0n) is 12.3. The Morgan fingerprint density at radius 1 is 1.14 bits per heavy atom. The molecule has 0 bridgehead atoms. The Labute approximate surface area is 129 Å². The van der Waals surface area contributed by atoms with Crippen molar-refractivity contribution in [2.45, 2.75) is 13.3 Å². The molecule has 0 atom stereocenters. The van der Waals surface area contributed by atoms with E-state index in [1.165, 1.54) is 0 Å². The fraction of sp³-hybridized carbons (Fsp3) is 0.105. The van der Waals surface area contributed by atoms with Gasteiger partial charge in [0.05, 0.1) is 6.42 Å². The number of phenolic OH excluding ortho intramolecular Hbond substituents is 1. The molecule has 0 fully saturated rings. The minimum absolute atomic E-state index is 0.175. The Kier molecular flexibility index (Phi) is 3.55. The van der Waals surface area contributed by atoms with E-state index in [1.807, 2.05) is 43.3 Å². The number of carbonyl (C=O) groups is 1. The van der Waals surface area contributed by atoms with E-state index in [1.54, 1.807) is 12.1 Å². The van der Waals surface area contributed by atoms with Gasteiger partial charge in [-0.1, -0.05) is 36.4 Å². The molecule has 0 aromatic heterocycles. The maximum atomic E-state index is 11.4. The monoisotopic (exact) mass is 291 g/mol. The molecular weight excluding hydrogens is 274 g/mol. The van der Waals surface area contributed by atoms with Crippen molar-refractivity contribution in [2.24, 2.45) is 5.73 Å². The summed E-state index contributed by atoms with van der Waals surface area (Å²) in [6, 6.07) is 15.3. The standard InChI is InChI=1S/C19H17NO2/c1-12-16(9-13-5-3-2-4-6-13)15-8-7-14(21)10-18(15)17(12)11-19(20)22/h2-10,21H,11H2,1H3,(H2,20,22)/b16-9-. The van der Waals surface area contributed by atoms with Crippen LogP contribution in [0.4, 0.5) is 0 Å². The third kappa shape index (κ3) is 2.53. The highest BCUT2D eigenvalue weighted by atomic mass is 16.3. The second-order valence-electron chi connectivity index (χ2n) is 5.45. The highest BCUT2D eigenvalue weighted by Gasteiger charge is 2.24. The normalized spacial score (nSPS) is 15.2. The van der Waals surface area contributed by atoms with Crippen LogP contribution < -0.4 is 5.73 Å². The van der Waals surface area contributed by atoms with Gasteiger partial charge >= 0.3 is 0 Å². The van der Waals surface area contributed by atoms with Gasteiger partial charge in [0.1, 0.15) is 5.75 Å². The third-order valence-electron chi connectivity index (χ3n) is 3.94. The number of amides is 1. The van der Waals surface area contributed by atoms with Crippen molar-refractivity contribution in [3.8, 4) is 5.75 Å². The van der Waals surface area contributed by atoms with Gasteiger partial charge < -0.3 is 10.8 Å². The number of nitrogens with two attached hydrogens (primary N) is 1. The zero-order valence-corrected chi connectivity index (χ0v) is 12.3. The second kappa shape index (κ2) is 5.53. The molecule has 22 heavy (non-hydrogen) atoms. The molecular formula is C19H17NO2. The minimum atomic E-state index is -0.371. The average molecular weight is 291 g/mol. The molecule has 3 heteroatoms. The molecule has 2 aromatic rings. The molecule has 2 aromatic carbocycles. The first kappa shape index (κ1) is 14.1. The molecule has 1 amide bonds. The number of benzene rings is 2. The van der Waals surface area contributed by atoms with Crippen LogP contribution in [-0.2, 0) is 4.79 Å². The second-order valence-corrected chi connectivity index (χ2v) is 5.45. The zero-order chi connectivity index (χ0) is 15.7. The van der Waals surface area contributed by atoms with Crippen LogP contribution >= 0.6 is 0 Å². The van der Waals surface area contributed by atoms with Crippen LogP contribution in [0.25, 0.3) is 17.2 Å². The summed E-state index contributed by atoms with van der Waals surface area (Å²) in [5, 5.41) is 9.75. The van der Waals surface area contributed by atoms with Gasteiger partial charge in [0.25, 0.3) is 0 Å². The summed E-state index contributed by atoms with van der Waals surface area (Å²) in [6.45, 7) is 1.99. The summed E-state index contributed by atoms with van der Waals surface area (Å²) in [7, 11) is 0. The van der Waals surface area contributed by atoms with Crippen molar-refractivity contribution in [1.29, 1.82) is 0 Å². The number of hydrogen-bond donors (Lipinski definition) is 2. The van der Waals surface area contributed by atoms with Gasteiger partial charge in [0.15, 0.2) is 0 Å². The quantitative estimate of drug-likeness (QED) is 0.907. The average Bonchev–Trinajstić information content (AvgIpc) is 2.73. The maximum absolute atomic E-state index is 11.4. The number of allylic oxidation sites excluding steroid dienone is 2. The lowest BCUT2D eigenvalue weighted by atomic mass is 10.0. The molecule has 0 unspecified atom stereocenters. The number of fused-ring (bicyclic) bond motifs is 1. The number of carbonyl (C=O) groups excluding carboxylic acids is 1. The van der Waals surface area contributed by atoms with Crippen molar-refractivity contribution < 1.29 is 9.90 Å². The van der Waals surface area contributed by atoms with Gasteiger partial charge in [-0.3, -0.25) is 4.79 Å². The summed E-state index contributed by atoms with van der Waals surface area (Å²) < 4.78 is 0. The number of aromatic hydroxyl groups is 1. The fourth-order valence-electron chi connectivity index (χ4n) is 2.89. The molecule has 1 aliphatic rings. The first-order valence-electron chi connectivity index (χ1n) is 7.15. The molecule has 0 spiro atoms. The van der Waals surface area contributed by atoms with Gasteiger partial charge in [-0.2, -0.15) is 0 Å². The van der Waals surface area contributed by atoms with E-state index >= 15 is 0 Å². The van der Waals surface area contributed by atoms with Crippen molar-refractivity contribution in [1.82, 2.24) is 0 Å². The first-order valence-corrected chi connectivity index (χ1v) is 7.15. The van der Waals surface area contributed by atoms with E-state index in [0.29, 0.717) is 0 Å². The van der Waals surface area contributed by atoms with Gasteiger partial charge in [0.2, 0.25) is 5.91 Å². The minimum Gasteiger partial charge on any atom is -0.508 e. The van der Waals surface area contributed by atoms with E-state index < -0.39 is 0 Å². The maximum Gasteiger partial charge on any atom is 0.221 e. The fourth-order valence-corrected chi connectivity index (χ4v) is 2.89. The van der Waals surface area contributed by atoms with Crippen LogP contribution in [0.2, 0.25) is 0 Å². The van der Waals surface area contributed by atoms with E-state index in [0.717, 1.165) is 33.4 Å². The van der Waals surface area contributed by atoms with Crippen LogP contribution in [0.5, 0.6) is 5.75 Å². The molecule has 0 saturated heterocycles. The molecule has 110 valence electrons. The molecule has 0 aliphatic heterocycles. The van der Waals surface area contributed by atoms with Crippen LogP contribution in [-0.4, -0.2) is 11.0 Å². The molecule has 1 aliphatic carbocycles. The van der Waals surface area contributed by atoms with Crippen molar-refractivity contribution >= 4 is 23.1 Å². The van der Waals surface area contributed by atoms with Gasteiger partial charge in [0, 0.05) is 0 Å². The summed E-state index contributed by atoms with van der Waals surface area (Å²) in [4.78, 5) is 11.4. The van der Waals surface area contributed by atoms with Gasteiger partial charge in [-0.15, -0.1) is 0 Å². The van der Waals surface area contributed by atoms with Crippen LogP contribution in [0, 0.1) is 0 Å². The SMILES string of the molecule is CC1=C(CC(N)=O)c2cc(O)ccc2/C1=C\c1ccccc1. The van der Waals surface area contributed by atoms with Crippen LogP contribution in [0.3, 0.4) is 0 Å². The highest BCUT2D eigenvalue weighted by Crippen LogP contribution is 2.44. The molecule has 3 N–H and O–H groups in total. The van der Waals surface area contributed by atoms with E-state index in [-0.39, 0.29) is 18.1 Å². The number of rotatable bonds is 3. The van der Waals surface area contributed by atoms with E-state index in [9.17, 15) is 9.90 Å². The lowest BCUT2D eigenvalue weighted by molar-refractivity contribution is -0.117. The third-order valence-corrected chi connectivity index (χ3v) is 3.94. The smallest absolute Gasteiger partial charge is 0.221 e. The predicted molar refractivity (Wildman–Crippen MR) is 88.8 cm³/mol. The topological polar surface area (TPSA) is 63.3 Å². The Morgan fingerprint density at radius 2 is 1.86 bits per heavy atom. The van der Waals surface area contributed by atoms with Crippen molar-refractivity contribution in [3.05, 3.63) is 70.8 Å². The Morgan fingerprint density at radius 3 is 2.55 bits per heavy atom. The summed E-state index contributed by atoms with van der Waals surface area (Å²) in [6.07, 6.45) is 2.27. The number of primary amides is 1. The molecule has 0 saturated carbocycles. The first-order chi connectivity index (χ1) is 10.6. The van der Waals surface area contributed by atoms with E-state index in [2.05, 4.69) is 6.08 Å². The van der Waals surface area contributed by atoms with Crippen molar-refractivity contribution in [2.75, 3.05) is 0 Å². The molecule has 0 heterocycles. The van der Waals surface area contributed by atoms with Crippen molar-refractivity contribution in [3.63, 3.8) is 0 Å². The number of hydrogen-bond acceptors (Lipinski definition) is 2. The largest absolute Gasteiger partial charge is 0.508 e. The highest BCUT2D eigenvalue weighted by molar-refractivity contribution is 6.08. The molecule has 3 nitrogen and oxygen atoms in total. The molecule has 0 radical (unpaired) electrons. The summed E-state index contributed by atoms with van der Waals surface area (Å²) in [5.41, 5.74) is 11.4. The predicted octanol–water partition coefficient (Wildman–Crippen LogP) is 3.60. The van der Waals surface area contributed by atoms with Gasteiger partial charge in [-0.05, 0) is 58.5 Å².